The Morgan fingerprint density at radius 3 is 3.11 bits per heavy atom. The van der Waals surface area contributed by atoms with Crippen LogP contribution in [0.2, 0.25) is 0 Å². The molecule has 1 aromatic heterocycles. The zero-order valence-electron chi connectivity index (χ0n) is 10.8. The van der Waals surface area contributed by atoms with Gasteiger partial charge < -0.3 is 15.2 Å². The maximum absolute atomic E-state index is 4.74. The lowest BCUT2D eigenvalue weighted by Gasteiger charge is -2.26. The minimum absolute atomic E-state index is 0.674. The minimum atomic E-state index is 0.674. The summed E-state index contributed by atoms with van der Waals surface area (Å²) in [6, 6.07) is 1.42. The van der Waals surface area contributed by atoms with Gasteiger partial charge in [-0.2, -0.15) is 4.98 Å². The van der Waals surface area contributed by atoms with Gasteiger partial charge in [0.25, 0.3) is 0 Å². The van der Waals surface area contributed by atoms with Crippen LogP contribution in [-0.4, -0.2) is 35.3 Å². The average molecular weight is 250 g/mol. The van der Waals surface area contributed by atoms with Gasteiger partial charge in [-0.05, 0) is 38.1 Å². The first kappa shape index (κ1) is 12.1. The van der Waals surface area contributed by atoms with Gasteiger partial charge in [-0.1, -0.05) is 11.6 Å². The molecule has 5 nitrogen and oxygen atoms in total. The summed E-state index contributed by atoms with van der Waals surface area (Å²) in [4.78, 5) is 4.05. The summed E-state index contributed by atoms with van der Waals surface area (Å²) in [7, 11) is 0. The lowest BCUT2D eigenvalue weighted by atomic mass is 9.93. The van der Waals surface area contributed by atoms with Crippen LogP contribution in [0.4, 0.5) is 0 Å². The van der Waals surface area contributed by atoms with E-state index >= 15 is 0 Å². The Labute approximate surface area is 108 Å². The Morgan fingerprint density at radius 2 is 2.33 bits per heavy atom. The minimum Gasteiger partial charge on any atom is -0.343 e. The van der Waals surface area contributed by atoms with E-state index in [-0.39, 0.29) is 0 Å². The van der Waals surface area contributed by atoms with E-state index in [1.807, 2.05) is 0 Å². The third-order valence-electron chi connectivity index (χ3n) is 4.35. The van der Waals surface area contributed by atoms with Gasteiger partial charge in [0.15, 0.2) is 5.82 Å². The first-order valence-corrected chi connectivity index (χ1v) is 7.15. The Bertz CT molecular complexity index is 348. The van der Waals surface area contributed by atoms with Crippen LogP contribution < -0.4 is 10.6 Å². The second kappa shape index (κ2) is 5.80. The Hall–Kier alpha value is -0.940. The van der Waals surface area contributed by atoms with E-state index in [9.17, 15) is 0 Å². The number of rotatable bonds is 5. The average Bonchev–Trinajstić information content (AvgIpc) is 3.12. The third kappa shape index (κ3) is 2.72. The van der Waals surface area contributed by atoms with Crippen molar-refractivity contribution in [3.8, 4) is 0 Å². The predicted octanol–water partition coefficient (Wildman–Crippen LogP) is 1.12. The highest BCUT2D eigenvalue weighted by molar-refractivity contribution is 4.93. The zero-order chi connectivity index (χ0) is 12.2. The van der Waals surface area contributed by atoms with Crippen molar-refractivity contribution in [2.75, 3.05) is 13.1 Å². The molecule has 3 unspecified atom stereocenters. The summed E-state index contributed by atoms with van der Waals surface area (Å²) in [5.74, 6) is 1.62. The summed E-state index contributed by atoms with van der Waals surface area (Å²) >= 11 is 0. The van der Waals surface area contributed by atoms with E-state index < -0.39 is 0 Å². The predicted molar refractivity (Wildman–Crippen MR) is 68.2 cm³/mol. The monoisotopic (exact) mass is 250 g/mol. The fourth-order valence-corrected chi connectivity index (χ4v) is 3.47. The van der Waals surface area contributed by atoms with E-state index in [1.54, 1.807) is 0 Å². The summed E-state index contributed by atoms with van der Waals surface area (Å²) < 4.78 is 4.74. The van der Waals surface area contributed by atoms with E-state index in [1.165, 1.54) is 45.0 Å². The molecule has 2 fully saturated rings. The van der Waals surface area contributed by atoms with Crippen molar-refractivity contribution in [1.29, 1.82) is 0 Å². The fourth-order valence-electron chi connectivity index (χ4n) is 3.47. The number of nitrogens with one attached hydrogen (secondary N) is 2. The Balaban J connectivity index is 1.46. The van der Waals surface area contributed by atoms with Crippen LogP contribution in [0.5, 0.6) is 0 Å². The van der Waals surface area contributed by atoms with Crippen molar-refractivity contribution in [1.82, 2.24) is 20.8 Å². The molecule has 1 aliphatic carbocycles. The van der Waals surface area contributed by atoms with Crippen LogP contribution in [-0.2, 0) is 6.42 Å². The molecule has 3 atom stereocenters. The molecule has 0 aromatic carbocycles. The topological polar surface area (TPSA) is 63.0 Å². The molecule has 0 bridgehead atoms. The SMILES string of the molecule is c1nc(CCNC2CCCC2C2CCCN2)no1. The van der Waals surface area contributed by atoms with Crippen LogP contribution in [0.25, 0.3) is 0 Å². The van der Waals surface area contributed by atoms with E-state index in [0.717, 1.165) is 30.7 Å². The highest BCUT2D eigenvalue weighted by Gasteiger charge is 2.34. The first-order valence-electron chi connectivity index (χ1n) is 7.15. The standard InChI is InChI=1S/C13H22N4O/c1-3-10(12-5-2-7-14-12)11(4-1)15-8-6-13-16-9-18-17-13/h9-12,14-15H,1-8H2. The van der Waals surface area contributed by atoms with Gasteiger partial charge in [-0.3, -0.25) is 0 Å². The number of aromatic nitrogens is 2. The van der Waals surface area contributed by atoms with Crippen LogP contribution in [0.1, 0.15) is 37.9 Å². The molecule has 5 heteroatoms. The molecule has 0 amide bonds. The summed E-state index contributed by atoms with van der Waals surface area (Å²) in [5.41, 5.74) is 0. The second-order valence-electron chi connectivity index (χ2n) is 5.46. The van der Waals surface area contributed by atoms with Crippen LogP contribution in [0.15, 0.2) is 10.9 Å². The van der Waals surface area contributed by atoms with Crippen molar-refractivity contribution >= 4 is 0 Å². The molecular weight excluding hydrogens is 228 g/mol. The molecule has 1 aliphatic heterocycles. The van der Waals surface area contributed by atoms with Crippen LogP contribution in [0, 0.1) is 5.92 Å². The van der Waals surface area contributed by atoms with E-state index in [2.05, 4.69) is 20.8 Å². The molecule has 1 aromatic rings. The normalized spacial score (nSPS) is 32.1. The van der Waals surface area contributed by atoms with Crippen molar-refractivity contribution < 1.29 is 4.52 Å². The van der Waals surface area contributed by atoms with Gasteiger partial charge in [0.05, 0.1) is 0 Å². The molecule has 18 heavy (non-hydrogen) atoms. The quantitative estimate of drug-likeness (QED) is 0.820. The number of hydrogen-bond donors (Lipinski definition) is 2. The highest BCUT2D eigenvalue weighted by atomic mass is 16.5. The van der Waals surface area contributed by atoms with Gasteiger partial charge in [-0.25, -0.2) is 0 Å². The smallest absolute Gasteiger partial charge is 0.213 e. The fraction of sp³-hybridized carbons (Fsp3) is 0.846. The molecular formula is C13H22N4O. The summed E-state index contributed by atoms with van der Waals surface area (Å²) in [6.07, 6.45) is 9.01. The largest absolute Gasteiger partial charge is 0.343 e. The van der Waals surface area contributed by atoms with Crippen LogP contribution in [0.3, 0.4) is 0 Å². The van der Waals surface area contributed by atoms with Gasteiger partial charge in [0.1, 0.15) is 0 Å². The van der Waals surface area contributed by atoms with Crippen molar-refractivity contribution in [3.63, 3.8) is 0 Å². The lowest BCUT2D eigenvalue weighted by molar-refractivity contribution is 0.321. The molecule has 0 spiro atoms. The van der Waals surface area contributed by atoms with Gasteiger partial charge in [-0.15, -0.1) is 0 Å². The highest BCUT2D eigenvalue weighted by Crippen LogP contribution is 2.31. The maximum Gasteiger partial charge on any atom is 0.213 e. The summed E-state index contributed by atoms with van der Waals surface area (Å²) in [6.45, 7) is 2.16. The van der Waals surface area contributed by atoms with E-state index in [4.69, 9.17) is 4.52 Å². The second-order valence-corrected chi connectivity index (χ2v) is 5.46. The van der Waals surface area contributed by atoms with E-state index in [0.29, 0.717) is 6.04 Å². The van der Waals surface area contributed by atoms with Crippen molar-refractivity contribution in [2.45, 2.75) is 50.6 Å². The third-order valence-corrected chi connectivity index (χ3v) is 4.35. The molecule has 0 radical (unpaired) electrons. The Morgan fingerprint density at radius 1 is 1.33 bits per heavy atom. The maximum atomic E-state index is 4.74. The Kier molecular flexibility index (Phi) is 3.90. The van der Waals surface area contributed by atoms with Crippen molar-refractivity contribution in [2.24, 2.45) is 5.92 Å². The number of nitrogens with zero attached hydrogens (tertiary/aromatic N) is 2. The summed E-state index contributed by atoms with van der Waals surface area (Å²) in [5, 5.41) is 11.2. The molecule has 2 N–H and O–H groups in total. The van der Waals surface area contributed by atoms with Gasteiger partial charge in [0.2, 0.25) is 6.39 Å². The van der Waals surface area contributed by atoms with Gasteiger partial charge >= 0.3 is 0 Å². The molecule has 3 rings (SSSR count). The van der Waals surface area contributed by atoms with Crippen molar-refractivity contribution in [3.05, 3.63) is 12.2 Å². The molecule has 2 heterocycles. The molecule has 1 saturated carbocycles. The molecule has 1 saturated heterocycles. The number of hydrogen-bond acceptors (Lipinski definition) is 5. The van der Waals surface area contributed by atoms with Crippen LogP contribution >= 0.6 is 0 Å². The van der Waals surface area contributed by atoms with Gasteiger partial charge in [0, 0.05) is 25.0 Å². The molecule has 2 aliphatic rings. The first-order chi connectivity index (χ1) is 8.93. The lowest BCUT2D eigenvalue weighted by Crippen LogP contribution is -2.42. The zero-order valence-corrected chi connectivity index (χ0v) is 10.8. The molecule has 100 valence electrons.